The third-order valence-electron chi connectivity index (χ3n) is 5.00. The summed E-state index contributed by atoms with van der Waals surface area (Å²) in [7, 11) is 1.50. The number of allylic oxidation sites excluding steroid dienone is 2. The Morgan fingerprint density at radius 3 is 2.23 bits per heavy atom. The number of carbonyl (C=O) groups is 2. The van der Waals surface area contributed by atoms with E-state index in [0.717, 1.165) is 35.5 Å². The number of benzene rings is 3. The highest BCUT2D eigenvalue weighted by Crippen LogP contribution is 2.27. The van der Waals surface area contributed by atoms with Crippen LogP contribution in [0.1, 0.15) is 30.0 Å². The zero-order valence-corrected chi connectivity index (χ0v) is 24.2. The molecule has 0 saturated carbocycles. The Labute approximate surface area is 243 Å². The largest absolute Gasteiger partial charge is 0.457 e. The Bertz CT molecular complexity index is 1160. The molecule has 0 spiro atoms. The minimum absolute atomic E-state index is 0.250. The van der Waals surface area contributed by atoms with E-state index in [2.05, 4.69) is 53.9 Å². The second-order valence-corrected chi connectivity index (χ2v) is 8.26. The van der Waals surface area contributed by atoms with Crippen LogP contribution in [0.2, 0.25) is 5.02 Å². The maximum Gasteiger partial charge on any atom is 0.204 e. The normalized spacial score (nSPS) is 9.65. The second-order valence-electron chi connectivity index (χ2n) is 7.82. The average molecular weight is 566 g/mol. The van der Waals surface area contributed by atoms with Crippen LogP contribution < -0.4 is 21.5 Å². The Morgan fingerprint density at radius 2 is 1.68 bits per heavy atom. The Morgan fingerprint density at radius 1 is 1.02 bits per heavy atom. The van der Waals surface area contributed by atoms with Crippen molar-refractivity contribution in [2.45, 2.75) is 33.3 Å². The molecule has 3 aromatic carbocycles. The van der Waals surface area contributed by atoms with Gasteiger partial charge in [-0.3, -0.25) is 4.79 Å². The van der Waals surface area contributed by atoms with Gasteiger partial charge in [-0.05, 0) is 74.3 Å². The first-order chi connectivity index (χ1) is 19.5. The number of hydrogen-bond acceptors (Lipinski definition) is 6. The predicted molar refractivity (Wildman–Crippen MR) is 164 cm³/mol. The van der Waals surface area contributed by atoms with Crippen molar-refractivity contribution in [3.8, 4) is 23.8 Å². The number of amides is 1. The maximum absolute atomic E-state index is 10.0. The molecular formula is C32H40ClN3O4. The molecule has 0 aliphatic carbocycles. The van der Waals surface area contributed by atoms with Gasteiger partial charge in [0.2, 0.25) is 6.41 Å². The van der Waals surface area contributed by atoms with Crippen molar-refractivity contribution in [2.24, 2.45) is 11.5 Å². The van der Waals surface area contributed by atoms with E-state index in [1.807, 2.05) is 61.5 Å². The van der Waals surface area contributed by atoms with Gasteiger partial charge in [-0.1, -0.05) is 66.1 Å². The first-order valence-electron chi connectivity index (χ1n) is 12.6. The number of aldehydes is 1. The molecule has 1 amide bonds. The highest BCUT2D eigenvalue weighted by Gasteiger charge is 2.04. The lowest BCUT2D eigenvalue weighted by atomic mass is 10.1. The molecule has 0 heterocycles. The summed E-state index contributed by atoms with van der Waals surface area (Å²) in [5.41, 5.74) is 13.1. The summed E-state index contributed by atoms with van der Waals surface area (Å²) in [4.78, 5) is 18.6. The van der Waals surface area contributed by atoms with E-state index >= 15 is 0 Å². The van der Waals surface area contributed by atoms with E-state index in [9.17, 15) is 4.79 Å². The van der Waals surface area contributed by atoms with E-state index in [4.69, 9.17) is 32.3 Å². The zero-order valence-electron chi connectivity index (χ0n) is 23.4. The fourth-order valence-electron chi connectivity index (χ4n) is 3.11. The quantitative estimate of drug-likeness (QED) is 0.159. The molecule has 0 radical (unpaired) electrons. The van der Waals surface area contributed by atoms with E-state index in [1.165, 1.54) is 18.2 Å². The van der Waals surface area contributed by atoms with Gasteiger partial charge in [-0.2, -0.15) is 0 Å². The summed E-state index contributed by atoms with van der Waals surface area (Å²) in [6.07, 6.45) is 9.23. The molecule has 0 saturated heterocycles. The topological polar surface area (TPSA) is 117 Å². The average Bonchev–Trinajstić information content (AvgIpc) is 2.98. The predicted octanol–water partition coefficient (Wildman–Crippen LogP) is 5.58. The van der Waals surface area contributed by atoms with Gasteiger partial charge >= 0.3 is 0 Å². The lowest BCUT2D eigenvalue weighted by molar-refractivity contribution is -0.107. The van der Waals surface area contributed by atoms with Gasteiger partial charge < -0.3 is 31.1 Å². The number of nitrogens with two attached hydrogens (primary N) is 2. The molecule has 5 N–H and O–H groups in total. The van der Waals surface area contributed by atoms with Crippen molar-refractivity contribution >= 4 is 24.3 Å². The SMILES string of the molecule is C#CCN/C(=C\C)CC=O.CN.Cc1cc(CCOCc2ccccc2)ccc1Oc1ccc(Cl)cc1.NC=O. The first-order valence-corrected chi connectivity index (χ1v) is 13.0. The molecule has 7 nitrogen and oxygen atoms in total. The van der Waals surface area contributed by atoms with Crippen molar-refractivity contribution in [1.29, 1.82) is 0 Å². The molecular weight excluding hydrogens is 526 g/mol. The second kappa shape index (κ2) is 24.0. The summed E-state index contributed by atoms with van der Waals surface area (Å²) < 4.78 is 11.7. The number of primary amides is 1. The molecule has 40 heavy (non-hydrogen) atoms. The van der Waals surface area contributed by atoms with Crippen LogP contribution in [-0.4, -0.2) is 32.9 Å². The van der Waals surface area contributed by atoms with Gasteiger partial charge in [0.05, 0.1) is 19.8 Å². The number of carbonyl (C=O) groups excluding carboxylic acids is 2. The van der Waals surface area contributed by atoms with E-state index in [0.29, 0.717) is 31.2 Å². The molecule has 0 unspecified atom stereocenters. The number of ether oxygens (including phenoxy) is 2. The number of halogens is 1. The summed E-state index contributed by atoms with van der Waals surface area (Å²) in [5, 5.41) is 3.62. The van der Waals surface area contributed by atoms with Crippen LogP contribution in [-0.2, 0) is 27.4 Å². The van der Waals surface area contributed by atoms with E-state index < -0.39 is 0 Å². The van der Waals surface area contributed by atoms with Crippen LogP contribution in [0.25, 0.3) is 0 Å². The summed E-state index contributed by atoms with van der Waals surface area (Å²) in [6.45, 7) is 5.75. The molecule has 3 aromatic rings. The van der Waals surface area contributed by atoms with Gasteiger partial charge in [0.15, 0.2) is 0 Å². The molecule has 0 aromatic heterocycles. The summed E-state index contributed by atoms with van der Waals surface area (Å²) >= 11 is 5.90. The molecule has 0 aliphatic heterocycles. The Hall–Kier alpha value is -4.09. The van der Waals surface area contributed by atoms with Gasteiger partial charge in [-0.15, -0.1) is 6.42 Å². The molecule has 3 rings (SSSR count). The Balaban J connectivity index is 0.000000850. The highest BCUT2D eigenvalue weighted by molar-refractivity contribution is 6.30. The Kier molecular flexibility index (Phi) is 21.5. The fraction of sp³-hybridized carbons (Fsp3) is 0.250. The number of hydrogen-bond donors (Lipinski definition) is 3. The number of aryl methyl sites for hydroxylation is 1. The van der Waals surface area contributed by atoms with E-state index in [-0.39, 0.29) is 6.41 Å². The van der Waals surface area contributed by atoms with Gasteiger partial charge in [0, 0.05) is 17.1 Å². The van der Waals surface area contributed by atoms with Crippen LogP contribution in [0.3, 0.4) is 0 Å². The third kappa shape index (κ3) is 16.7. The smallest absolute Gasteiger partial charge is 0.204 e. The van der Waals surface area contributed by atoms with Crippen LogP contribution >= 0.6 is 11.6 Å². The van der Waals surface area contributed by atoms with Crippen molar-refractivity contribution < 1.29 is 19.1 Å². The summed E-state index contributed by atoms with van der Waals surface area (Å²) in [6, 6.07) is 23.9. The highest BCUT2D eigenvalue weighted by atomic mass is 35.5. The summed E-state index contributed by atoms with van der Waals surface area (Å²) in [5.74, 6) is 4.06. The van der Waals surface area contributed by atoms with Crippen LogP contribution in [0.5, 0.6) is 11.5 Å². The van der Waals surface area contributed by atoms with Crippen molar-refractivity contribution in [3.63, 3.8) is 0 Å². The minimum atomic E-state index is 0.250. The van der Waals surface area contributed by atoms with Crippen LogP contribution in [0, 0.1) is 19.3 Å². The van der Waals surface area contributed by atoms with Gasteiger partial charge in [0.25, 0.3) is 0 Å². The van der Waals surface area contributed by atoms with Crippen molar-refractivity contribution in [1.82, 2.24) is 5.32 Å². The maximum atomic E-state index is 10.0. The van der Waals surface area contributed by atoms with Crippen molar-refractivity contribution in [3.05, 3.63) is 106 Å². The number of rotatable bonds is 11. The molecule has 0 fully saturated rings. The zero-order chi connectivity index (χ0) is 30.0. The fourth-order valence-corrected chi connectivity index (χ4v) is 3.24. The van der Waals surface area contributed by atoms with E-state index in [1.54, 1.807) is 0 Å². The van der Waals surface area contributed by atoms with Crippen molar-refractivity contribution in [2.75, 3.05) is 20.2 Å². The third-order valence-corrected chi connectivity index (χ3v) is 5.25. The molecule has 0 bridgehead atoms. The monoisotopic (exact) mass is 565 g/mol. The molecule has 0 atom stereocenters. The first kappa shape index (κ1) is 35.9. The van der Waals surface area contributed by atoms with Gasteiger partial charge in [-0.25, -0.2) is 0 Å². The van der Waals surface area contributed by atoms with Crippen LogP contribution in [0.4, 0.5) is 0 Å². The lowest BCUT2D eigenvalue weighted by Gasteiger charge is -2.11. The lowest BCUT2D eigenvalue weighted by Crippen LogP contribution is -2.13. The van der Waals surface area contributed by atoms with Gasteiger partial charge in [0.1, 0.15) is 17.8 Å². The standard InChI is InChI=1S/C22H21ClO2.C8H11NO.CH3NO.CH5N/c1-17-15-18(13-14-24-16-19-5-3-2-4-6-19)7-12-22(17)25-21-10-8-20(23)9-11-21;1-3-6-9-8(4-2)5-7-10;2-1-3;1-2/h2-12,15H,13-14,16H2,1H3;1,4,7,9H,5-6H2,2H3;1H,(H2,2,3);2H2,1H3/b;8-4-;;. The molecule has 0 aliphatic rings. The van der Waals surface area contributed by atoms with Crippen LogP contribution in [0.15, 0.2) is 84.6 Å². The number of terminal acetylenes is 1. The molecule has 214 valence electrons. The minimum Gasteiger partial charge on any atom is -0.457 e. The molecule has 8 heteroatoms. The number of nitrogens with one attached hydrogen (secondary N) is 1.